The number of hydrogen-bond acceptors (Lipinski definition) is 1. The fraction of sp³-hybridized carbons (Fsp3) is 0.643. The molecule has 0 aromatic rings. The van der Waals surface area contributed by atoms with E-state index in [1.54, 1.807) is 6.08 Å². The third kappa shape index (κ3) is 11.1. The van der Waals surface area contributed by atoms with Gasteiger partial charge in [0.15, 0.2) is 0 Å². The second-order valence-electron chi connectivity index (χ2n) is 4.01. The Morgan fingerprint density at radius 2 is 1.73 bits per heavy atom. The van der Waals surface area contributed by atoms with Crippen molar-refractivity contribution in [3.8, 4) is 0 Å². The topological polar surface area (TPSA) is 17.1 Å². The van der Waals surface area contributed by atoms with E-state index < -0.39 is 0 Å². The van der Waals surface area contributed by atoms with Crippen LogP contribution < -0.4 is 0 Å². The maximum atomic E-state index is 10.1. The third-order valence-corrected chi connectivity index (χ3v) is 2.44. The van der Waals surface area contributed by atoms with Crippen LogP contribution in [0, 0.1) is 0 Å². The molecule has 0 heterocycles. The van der Waals surface area contributed by atoms with Crippen LogP contribution in [0.15, 0.2) is 23.8 Å². The number of carbonyl (C=O) groups excluding carboxylic acids is 1. The van der Waals surface area contributed by atoms with Gasteiger partial charge in [0.2, 0.25) is 0 Å². The smallest absolute Gasteiger partial charge is 0.143 e. The summed E-state index contributed by atoms with van der Waals surface area (Å²) in [6.45, 7) is 4.19. The molecule has 0 aliphatic carbocycles. The normalized spacial score (nSPS) is 12.3. The molecule has 0 aliphatic rings. The van der Waals surface area contributed by atoms with Gasteiger partial charge in [0.05, 0.1) is 0 Å². The Kier molecular flexibility index (Phi) is 10.6. The van der Waals surface area contributed by atoms with E-state index in [4.69, 9.17) is 0 Å². The van der Waals surface area contributed by atoms with Crippen LogP contribution in [0.4, 0.5) is 0 Å². The molecule has 0 radical (unpaired) electrons. The Hall–Kier alpha value is -0.850. The molecule has 0 saturated carbocycles. The fourth-order valence-corrected chi connectivity index (χ4v) is 1.47. The Morgan fingerprint density at radius 3 is 2.40 bits per heavy atom. The maximum absolute atomic E-state index is 10.1. The van der Waals surface area contributed by atoms with E-state index in [9.17, 15) is 4.79 Å². The van der Waals surface area contributed by atoms with E-state index in [2.05, 4.69) is 13.0 Å². The Labute approximate surface area is 94.3 Å². The minimum Gasteiger partial charge on any atom is -0.299 e. The molecule has 0 aromatic carbocycles. The summed E-state index contributed by atoms with van der Waals surface area (Å²) < 4.78 is 0. The molecule has 0 rings (SSSR count). The molecule has 1 nitrogen and oxygen atoms in total. The minimum atomic E-state index is 0.838. The summed E-state index contributed by atoms with van der Waals surface area (Å²) in [5.41, 5.74) is 1.04. The van der Waals surface area contributed by atoms with Crippen LogP contribution in [0.1, 0.15) is 58.8 Å². The van der Waals surface area contributed by atoms with Crippen molar-refractivity contribution < 1.29 is 4.79 Å². The molecular formula is C14H24O. The highest BCUT2D eigenvalue weighted by Gasteiger charge is 1.88. The van der Waals surface area contributed by atoms with Crippen molar-refractivity contribution in [2.75, 3.05) is 0 Å². The number of rotatable bonds is 9. The van der Waals surface area contributed by atoms with Crippen molar-refractivity contribution in [1.29, 1.82) is 0 Å². The number of hydrogen-bond donors (Lipinski definition) is 0. The first-order chi connectivity index (χ1) is 7.31. The van der Waals surface area contributed by atoms with Gasteiger partial charge in [0, 0.05) is 0 Å². The summed E-state index contributed by atoms with van der Waals surface area (Å²) in [6, 6.07) is 0. The summed E-state index contributed by atoms with van der Waals surface area (Å²) in [7, 11) is 0. The highest BCUT2D eigenvalue weighted by Crippen LogP contribution is 2.07. The first kappa shape index (κ1) is 14.2. The second kappa shape index (κ2) is 11.2. The van der Waals surface area contributed by atoms with Crippen LogP contribution in [-0.4, -0.2) is 6.29 Å². The predicted octanol–water partition coefficient (Wildman–Crippen LogP) is 4.44. The first-order valence-electron chi connectivity index (χ1n) is 6.10. The van der Waals surface area contributed by atoms with Gasteiger partial charge in [0.1, 0.15) is 6.29 Å². The largest absolute Gasteiger partial charge is 0.299 e. The molecule has 15 heavy (non-hydrogen) atoms. The quantitative estimate of drug-likeness (QED) is 0.237. The van der Waals surface area contributed by atoms with E-state index >= 15 is 0 Å². The first-order valence-corrected chi connectivity index (χ1v) is 6.10. The summed E-state index contributed by atoms with van der Waals surface area (Å²) in [5.74, 6) is 0. The Bertz CT molecular complexity index is 201. The van der Waals surface area contributed by atoms with Gasteiger partial charge in [-0.25, -0.2) is 0 Å². The summed E-state index contributed by atoms with van der Waals surface area (Å²) in [4.78, 5) is 10.1. The summed E-state index contributed by atoms with van der Waals surface area (Å²) in [5, 5.41) is 0. The Balaban J connectivity index is 3.30. The van der Waals surface area contributed by atoms with Crippen molar-refractivity contribution in [2.45, 2.75) is 58.8 Å². The van der Waals surface area contributed by atoms with Gasteiger partial charge in [-0.2, -0.15) is 0 Å². The fourth-order valence-electron chi connectivity index (χ4n) is 1.47. The number of aldehydes is 1. The molecule has 0 fully saturated rings. The summed E-state index contributed by atoms with van der Waals surface area (Å²) >= 11 is 0. The van der Waals surface area contributed by atoms with Crippen molar-refractivity contribution in [3.63, 3.8) is 0 Å². The molecule has 0 spiro atoms. The zero-order chi connectivity index (χ0) is 11.4. The van der Waals surface area contributed by atoms with Crippen molar-refractivity contribution in [3.05, 3.63) is 23.8 Å². The zero-order valence-corrected chi connectivity index (χ0v) is 10.2. The molecular weight excluding hydrogens is 184 g/mol. The molecule has 0 bridgehead atoms. The van der Waals surface area contributed by atoms with Crippen molar-refractivity contribution >= 4 is 6.29 Å². The molecule has 0 amide bonds. The van der Waals surface area contributed by atoms with E-state index in [1.807, 2.05) is 13.0 Å². The zero-order valence-electron chi connectivity index (χ0n) is 10.2. The predicted molar refractivity (Wildman–Crippen MR) is 67.0 cm³/mol. The van der Waals surface area contributed by atoms with Crippen LogP contribution in [0.3, 0.4) is 0 Å². The molecule has 0 unspecified atom stereocenters. The second-order valence-corrected chi connectivity index (χ2v) is 4.01. The van der Waals surface area contributed by atoms with Gasteiger partial charge < -0.3 is 0 Å². The molecule has 0 aliphatic heterocycles. The van der Waals surface area contributed by atoms with Crippen LogP contribution >= 0.6 is 0 Å². The van der Waals surface area contributed by atoms with Crippen molar-refractivity contribution in [1.82, 2.24) is 0 Å². The Morgan fingerprint density at radius 1 is 1.07 bits per heavy atom. The van der Waals surface area contributed by atoms with Gasteiger partial charge in [0.25, 0.3) is 0 Å². The van der Waals surface area contributed by atoms with Gasteiger partial charge >= 0.3 is 0 Å². The lowest BCUT2D eigenvalue weighted by atomic mass is 10.1. The highest BCUT2D eigenvalue weighted by atomic mass is 16.1. The van der Waals surface area contributed by atoms with Gasteiger partial charge in [-0.15, -0.1) is 0 Å². The van der Waals surface area contributed by atoms with Crippen LogP contribution in [0.5, 0.6) is 0 Å². The summed E-state index contributed by atoms with van der Waals surface area (Å²) in [6.07, 6.45) is 15.8. The van der Waals surface area contributed by atoms with Crippen molar-refractivity contribution in [2.24, 2.45) is 0 Å². The maximum Gasteiger partial charge on any atom is 0.143 e. The average Bonchev–Trinajstić information content (AvgIpc) is 2.22. The monoisotopic (exact) mass is 208 g/mol. The number of unbranched alkanes of at least 4 members (excludes halogenated alkanes) is 6. The molecule has 1 heteroatoms. The van der Waals surface area contributed by atoms with Crippen LogP contribution in [0.25, 0.3) is 0 Å². The third-order valence-electron chi connectivity index (χ3n) is 2.44. The molecule has 0 aromatic heterocycles. The standard InChI is InChI=1S/C14H24O/c1-3-4-5-6-7-8-9-10-11-14(2)12-13-15/h10-13H,3-9H2,1-2H3/b11-10+,14-12+. The van der Waals surface area contributed by atoms with E-state index in [1.165, 1.54) is 38.5 Å². The van der Waals surface area contributed by atoms with Crippen LogP contribution in [-0.2, 0) is 4.79 Å². The molecule has 86 valence electrons. The highest BCUT2D eigenvalue weighted by molar-refractivity contribution is 5.66. The van der Waals surface area contributed by atoms with Gasteiger partial charge in [-0.05, 0) is 31.4 Å². The van der Waals surface area contributed by atoms with E-state index in [-0.39, 0.29) is 0 Å². The van der Waals surface area contributed by atoms with Crippen LogP contribution in [0.2, 0.25) is 0 Å². The average molecular weight is 208 g/mol. The number of carbonyl (C=O) groups is 1. The lowest BCUT2D eigenvalue weighted by Gasteiger charge is -1.97. The molecule has 0 saturated heterocycles. The van der Waals surface area contributed by atoms with E-state index in [0.717, 1.165) is 18.3 Å². The lowest BCUT2D eigenvalue weighted by Crippen LogP contribution is -1.78. The lowest BCUT2D eigenvalue weighted by molar-refractivity contribution is -0.104. The molecule has 0 N–H and O–H groups in total. The van der Waals surface area contributed by atoms with E-state index in [0.29, 0.717) is 0 Å². The minimum absolute atomic E-state index is 0.838. The van der Waals surface area contributed by atoms with Gasteiger partial charge in [-0.1, -0.05) is 51.2 Å². The molecule has 0 atom stereocenters. The number of allylic oxidation sites excluding steroid dienone is 4. The van der Waals surface area contributed by atoms with Gasteiger partial charge in [-0.3, -0.25) is 4.79 Å². The SMILES string of the molecule is CCCCCCCC/C=C/C(C)=C/C=O.